The fraction of sp³-hybridized carbons (Fsp3) is 0.500. The second-order valence-corrected chi connectivity index (χ2v) is 10.7. The molecule has 1 aliphatic carbocycles. The number of aryl methyl sites for hydroxylation is 1. The highest BCUT2D eigenvalue weighted by molar-refractivity contribution is 5.68. The van der Waals surface area contributed by atoms with Gasteiger partial charge >= 0.3 is 6.09 Å². The average molecular weight is 474 g/mol. The normalized spacial score (nSPS) is 20.1. The molecule has 1 aliphatic heterocycles. The minimum Gasteiger partial charge on any atom is -0.444 e. The number of ether oxygens (including phenoxy) is 1. The summed E-state index contributed by atoms with van der Waals surface area (Å²) in [5.74, 6) is 2.63. The molecule has 0 spiro atoms. The summed E-state index contributed by atoms with van der Waals surface area (Å²) in [5, 5.41) is 9.25. The van der Waals surface area contributed by atoms with Crippen molar-refractivity contribution >= 4 is 6.09 Å². The molecule has 7 nitrogen and oxygen atoms in total. The van der Waals surface area contributed by atoms with Crippen LogP contribution in [0.25, 0.3) is 5.69 Å². The molecular weight excluding hydrogens is 438 g/mol. The fourth-order valence-electron chi connectivity index (χ4n) is 5.28. The number of pyridine rings is 1. The molecule has 184 valence electrons. The molecule has 35 heavy (non-hydrogen) atoms. The predicted octanol–water partition coefficient (Wildman–Crippen LogP) is 5.92. The molecule has 0 atom stereocenters. The van der Waals surface area contributed by atoms with Gasteiger partial charge in [0.1, 0.15) is 11.4 Å². The van der Waals surface area contributed by atoms with Crippen LogP contribution in [-0.2, 0) is 24.2 Å². The molecule has 3 heterocycles. The quantitative estimate of drug-likeness (QED) is 0.472. The maximum Gasteiger partial charge on any atom is 0.411 e. The zero-order valence-corrected chi connectivity index (χ0v) is 21.2. The van der Waals surface area contributed by atoms with E-state index in [4.69, 9.17) is 9.72 Å². The first-order valence-electron chi connectivity index (χ1n) is 12.8. The van der Waals surface area contributed by atoms with Gasteiger partial charge < -0.3 is 4.74 Å². The van der Waals surface area contributed by atoms with Crippen LogP contribution in [0.5, 0.6) is 0 Å². The van der Waals surface area contributed by atoms with E-state index in [-0.39, 0.29) is 6.09 Å². The van der Waals surface area contributed by atoms with Gasteiger partial charge in [-0.15, -0.1) is 10.2 Å². The van der Waals surface area contributed by atoms with E-state index in [1.165, 1.54) is 11.4 Å². The molecule has 1 fully saturated rings. The van der Waals surface area contributed by atoms with Crippen molar-refractivity contribution in [2.75, 3.05) is 0 Å². The van der Waals surface area contributed by atoms with Gasteiger partial charge in [-0.1, -0.05) is 31.2 Å². The van der Waals surface area contributed by atoms with E-state index in [1.54, 1.807) is 4.90 Å². The molecule has 5 rings (SSSR count). The van der Waals surface area contributed by atoms with Crippen LogP contribution in [0, 0.1) is 0 Å². The zero-order valence-electron chi connectivity index (χ0n) is 21.2. The largest absolute Gasteiger partial charge is 0.444 e. The van der Waals surface area contributed by atoms with Gasteiger partial charge in [-0.25, -0.2) is 4.79 Å². The second-order valence-electron chi connectivity index (χ2n) is 10.7. The summed E-state index contributed by atoms with van der Waals surface area (Å²) in [6.07, 6.45) is 4.94. The molecule has 0 saturated heterocycles. The summed E-state index contributed by atoms with van der Waals surface area (Å²) in [6, 6.07) is 14.7. The molecule has 0 bridgehead atoms. The summed E-state index contributed by atoms with van der Waals surface area (Å²) >= 11 is 0. The Morgan fingerprint density at radius 3 is 2.46 bits per heavy atom. The van der Waals surface area contributed by atoms with Crippen molar-refractivity contribution in [1.82, 2.24) is 24.6 Å². The smallest absolute Gasteiger partial charge is 0.411 e. The van der Waals surface area contributed by atoms with Crippen LogP contribution in [0.2, 0.25) is 0 Å². The Morgan fingerprint density at radius 1 is 0.971 bits per heavy atom. The van der Waals surface area contributed by atoms with Gasteiger partial charge in [0.05, 0.1) is 18.8 Å². The van der Waals surface area contributed by atoms with Gasteiger partial charge in [0.2, 0.25) is 0 Å². The van der Waals surface area contributed by atoms with Crippen LogP contribution in [0.15, 0.2) is 42.5 Å². The Balaban J connectivity index is 1.40. The molecular formula is C28H35N5O2. The molecule has 0 unspecified atom stereocenters. The number of aromatic nitrogens is 4. The van der Waals surface area contributed by atoms with Crippen molar-refractivity contribution in [3.05, 3.63) is 71.1 Å². The number of rotatable bonds is 3. The van der Waals surface area contributed by atoms with Crippen LogP contribution in [0.3, 0.4) is 0 Å². The molecule has 1 saturated carbocycles. The molecule has 1 aromatic carbocycles. The number of carbonyl (C=O) groups is 1. The van der Waals surface area contributed by atoms with Crippen LogP contribution in [0.4, 0.5) is 4.79 Å². The lowest BCUT2D eigenvalue weighted by atomic mass is 9.80. The minimum absolute atomic E-state index is 0.326. The highest BCUT2D eigenvalue weighted by atomic mass is 16.6. The van der Waals surface area contributed by atoms with Crippen molar-refractivity contribution in [3.63, 3.8) is 0 Å². The molecule has 2 aliphatic rings. The first-order valence-corrected chi connectivity index (χ1v) is 12.8. The molecule has 2 aromatic heterocycles. The monoisotopic (exact) mass is 473 g/mol. The molecule has 7 heteroatoms. The summed E-state index contributed by atoms with van der Waals surface area (Å²) in [6.45, 7) is 8.69. The Kier molecular flexibility index (Phi) is 6.34. The third-order valence-corrected chi connectivity index (χ3v) is 7.03. The van der Waals surface area contributed by atoms with Crippen molar-refractivity contribution in [2.45, 2.75) is 90.3 Å². The average Bonchev–Trinajstić information content (AvgIpc) is 3.18. The van der Waals surface area contributed by atoms with Crippen molar-refractivity contribution in [3.8, 4) is 5.69 Å². The van der Waals surface area contributed by atoms with E-state index < -0.39 is 5.60 Å². The third-order valence-electron chi connectivity index (χ3n) is 7.03. The lowest BCUT2D eigenvalue weighted by Crippen LogP contribution is -2.35. The van der Waals surface area contributed by atoms with E-state index in [1.807, 2.05) is 32.9 Å². The fourth-order valence-corrected chi connectivity index (χ4v) is 5.28. The van der Waals surface area contributed by atoms with E-state index in [0.717, 1.165) is 55.0 Å². The molecule has 3 aromatic rings. The summed E-state index contributed by atoms with van der Waals surface area (Å²) in [5.41, 5.74) is 3.98. The Hall–Kier alpha value is -3.22. The van der Waals surface area contributed by atoms with Crippen LogP contribution in [0.1, 0.15) is 93.8 Å². The maximum absolute atomic E-state index is 13.0. The van der Waals surface area contributed by atoms with Crippen LogP contribution < -0.4 is 0 Å². The highest BCUT2D eigenvalue weighted by Gasteiger charge is 2.33. The number of hydrogen-bond acceptors (Lipinski definition) is 5. The van der Waals surface area contributed by atoms with E-state index in [9.17, 15) is 4.79 Å². The van der Waals surface area contributed by atoms with E-state index in [0.29, 0.717) is 24.9 Å². The third kappa shape index (κ3) is 4.95. The SMILES string of the molecule is CCc1cccc(C2CCC(c3nnc4n3-c3ccccc3CN(C(=O)OC(C)(C)C)C4)CC2)n1. The van der Waals surface area contributed by atoms with Crippen molar-refractivity contribution in [2.24, 2.45) is 0 Å². The molecule has 0 radical (unpaired) electrons. The summed E-state index contributed by atoms with van der Waals surface area (Å²) in [7, 11) is 0. The molecule has 1 amide bonds. The predicted molar refractivity (Wildman–Crippen MR) is 134 cm³/mol. The van der Waals surface area contributed by atoms with Gasteiger partial charge in [-0.2, -0.15) is 0 Å². The van der Waals surface area contributed by atoms with Crippen LogP contribution >= 0.6 is 0 Å². The van der Waals surface area contributed by atoms with Crippen molar-refractivity contribution in [1.29, 1.82) is 0 Å². The number of hydrogen-bond donors (Lipinski definition) is 0. The van der Waals surface area contributed by atoms with Crippen molar-refractivity contribution < 1.29 is 9.53 Å². The first-order chi connectivity index (χ1) is 16.8. The number of para-hydroxylation sites is 1. The van der Waals surface area contributed by atoms with Crippen LogP contribution in [-0.4, -0.2) is 36.3 Å². The first kappa shape index (κ1) is 23.5. The van der Waals surface area contributed by atoms with Gasteiger partial charge in [0, 0.05) is 23.2 Å². The zero-order chi connectivity index (χ0) is 24.6. The standard InChI is InChI=1S/C28H35N5O2/c1-5-22-10-8-11-23(29-22)19-13-15-20(16-14-19)26-31-30-25-18-32(27(34)35-28(2,3)4)17-21-9-6-7-12-24(21)33(25)26/h6-12,19-20H,5,13-18H2,1-4H3. The lowest BCUT2D eigenvalue weighted by Gasteiger charge is -2.28. The number of benzene rings is 1. The number of carbonyl (C=O) groups excluding carboxylic acids is 1. The molecule has 0 N–H and O–H groups in total. The number of nitrogens with zero attached hydrogens (tertiary/aromatic N) is 5. The maximum atomic E-state index is 13.0. The lowest BCUT2D eigenvalue weighted by molar-refractivity contribution is 0.0214. The number of amides is 1. The Bertz CT molecular complexity index is 1200. The summed E-state index contributed by atoms with van der Waals surface area (Å²) < 4.78 is 7.87. The van der Waals surface area contributed by atoms with Gasteiger partial charge in [-0.3, -0.25) is 14.5 Å². The minimum atomic E-state index is -0.550. The van der Waals surface area contributed by atoms with Gasteiger partial charge in [0.15, 0.2) is 5.82 Å². The van der Waals surface area contributed by atoms with E-state index in [2.05, 4.69) is 52.0 Å². The Labute approximate surface area is 207 Å². The van der Waals surface area contributed by atoms with Gasteiger partial charge in [-0.05, 0) is 76.6 Å². The Morgan fingerprint density at radius 2 is 1.71 bits per heavy atom. The summed E-state index contributed by atoms with van der Waals surface area (Å²) in [4.78, 5) is 19.6. The van der Waals surface area contributed by atoms with Gasteiger partial charge in [0.25, 0.3) is 0 Å². The van der Waals surface area contributed by atoms with E-state index >= 15 is 0 Å². The number of fused-ring (bicyclic) bond motifs is 3. The second kappa shape index (κ2) is 9.44. The topological polar surface area (TPSA) is 73.1 Å². The highest BCUT2D eigenvalue weighted by Crippen LogP contribution is 2.41.